The molecule has 0 unspecified atom stereocenters. The SMILES string of the molecule is Fc1ccccc1C1=NCC(=S)N(CC(F)(F)F)c2ccc(Cl)cc21.O. The second kappa shape index (κ2) is 7.69. The van der Waals surface area contributed by atoms with Crippen molar-refractivity contribution in [3.63, 3.8) is 0 Å². The summed E-state index contributed by atoms with van der Waals surface area (Å²) in [7, 11) is 0. The maximum Gasteiger partial charge on any atom is 0.406 e. The minimum atomic E-state index is -4.45. The molecule has 2 aromatic rings. The fourth-order valence-corrected chi connectivity index (χ4v) is 3.02. The van der Waals surface area contributed by atoms with E-state index in [1.54, 1.807) is 6.07 Å². The fourth-order valence-electron chi connectivity index (χ4n) is 2.62. The lowest BCUT2D eigenvalue weighted by molar-refractivity contribution is -0.117. The maximum atomic E-state index is 14.2. The van der Waals surface area contributed by atoms with Crippen LogP contribution in [-0.4, -0.2) is 35.4 Å². The van der Waals surface area contributed by atoms with Crippen LogP contribution in [0, 0.1) is 5.82 Å². The number of anilines is 1. The maximum absolute atomic E-state index is 14.2. The summed E-state index contributed by atoms with van der Waals surface area (Å²) in [4.78, 5) is 5.24. The first kappa shape index (κ1) is 20.3. The molecule has 2 aromatic carbocycles. The Labute approximate surface area is 157 Å². The number of thiocarbonyl (C=S) groups is 1. The van der Waals surface area contributed by atoms with Gasteiger partial charge in [-0.25, -0.2) is 4.39 Å². The average molecular weight is 405 g/mol. The van der Waals surface area contributed by atoms with Crippen molar-refractivity contribution in [3.8, 4) is 0 Å². The van der Waals surface area contributed by atoms with Crippen molar-refractivity contribution in [1.82, 2.24) is 0 Å². The van der Waals surface area contributed by atoms with E-state index in [2.05, 4.69) is 4.99 Å². The summed E-state index contributed by atoms with van der Waals surface area (Å²) in [5.41, 5.74) is 0.915. The first-order chi connectivity index (χ1) is 11.8. The number of fused-ring (bicyclic) bond motifs is 1. The second-order valence-electron chi connectivity index (χ2n) is 5.40. The van der Waals surface area contributed by atoms with E-state index in [4.69, 9.17) is 23.8 Å². The molecule has 1 aliphatic heterocycles. The summed E-state index contributed by atoms with van der Waals surface area (Å²) < 4.78 is 53.2. The molecule has 26 heavy (non-hydrogen) atoms. The van der Waals surface area contributed by atoms with Crippen LogP contribution in [-0.2, 0) is 0 Å². The van der Waals surface area contributed by atoms with Gasteiger partial charge in [-0.1, -0.05) is 36.0 Å². The molecule has 0 radical (unpaired) electrons. The predicted octanol–water partition coefficient (Wildman–Crippen LogP) is 4.20. The number of nitrogens with zero attached hydrogens (tertiary/aromatic N) is 2. The number of benzene rings is 2. The molecule has 1 aliphatic rings. The van der Waals surface area contributed by atoms with Crippen LogP contribution in [0.2, 0.25) is 5.02 Å². The number of hydrogen-bond donors (Lipinski definition) is 0. The summed E-state index contributed by atoms with van der Waals surface area (Å²) >= 11 is 11.1. The molecule has 2 N–H and O–H groups in total. The lowest BCUT2D eigenvalue weighted by Crippen LogP contribution is -2.39. The van der Waals surface area contributed by atoms with Crippen molar-refractivity contribution >= 4 is 40.2 Å². The van der Waals surface area contributed by atoms with Crippen LogP contribution in [0.3, 0.4) is 0 Å². The van der Waals surface area contributed by atoms with Gasteiger partial charge in [0.2, 0.25) is 0 Å². The molecule has 9 heteroatoms. The molecule has 0 aliphatic carbocycles. The molecule has 0 spiro atoms. The van der Waals surface area contributed by atoms with Crippen molar-refractivity contribution in [1.29, 1.82) is 0 Å². The molecular formula is C17H13ClF4N2OS. The molecular weight excluding hydrogens is 392 g/mol. The van der Waals surface area contributed by atoms with Gasteiger partial charge in [0.25, 0.3) is 0 Å². The molecule has 0 saturated carbocycles. The van der Waals surface area contributed by atoms with E-state index in [1.807, 2.05) is 0 Å². The van der Waals surface area contributed by atoms with Gasteiger partial charge >= 0.3 is 6.18 Å². The molecule has 0 fully saturated rings. The largest absolute Gasteiger partial charge is 0.412 e. The van der Waals surface area contributed by atoms with Crippen LogP contribution in [0.4, 0.5) is 23.2 Å². The van der Waals surface area contributed by atoms with Gasteiger partial charge in [-0.2, -0.15) is 13.2 Å². The summed E-state index contributed by atoms with van der Waals surface area (Å²) in [6.45, 7) is -1.40. The molecule has 0 aromatic heterocycles. The van der Waals surface area contributed by atoms with Gasteiger partial charge in [0.05, 0.1) is 17.9 Å². The van der Waals surface area contributed by atoms with Crippen molar-refractivity contribution in [2.75, 3.05) is 18.0 Å². The third kappa shape index (κ3) is 4.20. The van der Waals surface area contributed by atoms with Gasteiger partial charge in [-0.05, 0) is 30.3 Å². The average Bonchev–Trinajstić information content (AvgIpc) is 2.65. The Bertz CT molecular complexity index is 870. The van der Waals surface area contributed by atoms with E-state index < -0.39 is 18.5 Å². The van der Waals surface area contributed by atoms with E-state index in [0.717, 1.165) is 4.90 Å². The van der Waals surface area contributed by atoms with Crippen LogP contribution in [0.5, 0.6) is 0 Å². The molecule has 0 saturated heterocycles. The van der Waals surface area contributed by atoms with Gasteiger partial charge in [-0.3, -0.25) is 4.99 Å². The smallest absolute Gasteiger partial charge is 0.406 e. The van der Waals surface area contributed by atoms with Crippen molar-refractivity contribution in [2.45, 2.75) is 6.18 Å². The zero-order valence-corrected chi connectivity index (χ0v) is 14.7. The van der Waals surface area contributed by atoms with Gasteiger partial charge in [0.1, 0.15) is 17.4 Å². The molecule has 138 valence electrons. The Kier molecular flexibility index (Phi) is 6.00. The van der Waals surface area contributed by atoms with Gasteiger partial charge in [-0.15, -0.1) is 0 Å². The van der Waals surface area contributed by atoms with Crippen molar-refractivity contribution in [3.05, 3.63) is 64.4 Å². The highest BCUT2D eigenvalue weighted by Gasteiger charge is 2.35. The van der Waals surface area contributed by atoms with Crippen molar-refractivity contribution < 1.29 is 23.0 Å². The first-order valence-corrected chi connectivity index (χ1v) is 8.01. The lowest BCUT2D eigenvalue weighted by atomic mass is 9.99. The van der Waals surface area contributed by atoms with Crippen molar-refractivity contribution in [2.24, 2.45) is 4.99 Å². The van der Waals surface area contributed by atoms with E-state index in [9.17, 15) is 17.6 Å². The van der Waals surface area contributed by atoms with E-state index >= 15 is 0 Å². The molecule has 0 bridgehead atoms. The zero-order chi connectivity index (χ0) is 18.2. The quantitative estimate of drug-likeness (QED) is 0.556. The van der Waals surface area contributed by atoms with E-state index in [1.165, 1.54) is 36.4 Å². The summed E-state index contributed by atoms with van der Waals surface area (Å²) in [6, 6.07) is 10.3. The number of benzodiazepines with no additional fused rings is 1. The first-order valence-electron chi connectivity index (χ1n) is 7.22. The fraction of sp³-hybridized carbons (Fsp3) is 0.176. The summed E-state index contributed by atoms with van der Waals surface area (Å²) in [5, 5.41) is 0.308. The predicted molar refractivity (Wildman–Crippen MR) is 98.0 cm³/mol. The molecule has 0 atom stereocenters. The van der Waals surface area contributed by atoms with Crippen LogP contribution < -0.4 is 4.90 Å². The molecule has 3 rings (SSSR count). The summed E-state index contributed by atoms with van der Waals surface area (Å²) in [5.74, 6) is -0.526. The summed E-state index contributed by atoms with van der Waals surface area (Å²) in [6.07, 6.45) is -4.45. The molecule has 1 heterocycles. The number of halogens is 5. The molecule has 0 amide bonds. The third-order valence-electron chi connectivity index (χ3n) is 3.64. The Balaban J connectivity index is 0.00000243. The highest BCUT2D eigenvalue weighted by molar-refractivity contribution is 7.80. The monoisotopic (exact) mass is 404 g/mol. The molecule has 3 nitrogen and oxygen atoms in total. The second-order valence-corrected chi connectivity index (χ2v) is 6.31. The number of hydrogen-bond acceptors (Lipinski definition) is 2. The van der Waals surface area contributed by atoms with Crippen LogP contribution in [0.15, 0.2) is 47.5 Å². The van der Waals surface area contributed by atoms with Crippen LogP contribution in [0.1, 0.15) is 11.1 Å². The number of alkyl halides is 3. The normalized spacial score (nSPS) is 14.3. The highest BCUT2D eigenvalue weighted by Crippen LogP contribution is 2.32. The van der Waals surface area contributed by atoms with Crippen LogP contribution in [0.25, 0.3) is 0 Å². The Morgan fingerprint density at radius 1 is 1.12 bits per heavy atom. The lowest BCUT2D eigenvalue weighted by Gasteiger charge is -2.26. The standard InChI is InChI=1S/C17H11ClF4N2S.H2O/c18-10-5-6-14-12(7-10)16(11-3-1-2-4-13(11)19)23-8-15(25)24(14)9-17(20,21)22;/h1-7H,8-9H2;1H2. The highest BCUT2D eigenvalue weighted by atomic mass is 35.5. The number of aliphatic imine (C=N–C) groups is 1. The topological polar surface area (TPSA) is 47.1 Å². The van der Waals surface area contributed by atoms with Gasteiger partial charge in [0, 0.05) is 16.1 Å². The van der Waals surface area contributed by atoms with E-state index in [0.29, 0.717) is 10.6 Å². The zero-order valence-electron chi connectivity index (χ0n) is 13.1. The van der Waals surface area contributed by atoms with Crippen LogP contribution >= 0.6 is 23.8 Å². The third-order valence-corrected chi connectivity index (χ3v) is 4.23. The van der Waals surface area contributed by atoms with E-state index in [-0.39, 0.29) is 34.0 Å². The van der Waals surface area contributed by atoms with Gasteiger partial charge in [0.15, 0.2) is 0 Å². The minimum absolute atomic E-state index is 0. The Morgan fingerprint density at radius 3 is 2.46 bits per heavy atom. The van der Waals surface area contributed by atoms with Gasteiger partial charge < -0.3 is 10.4 Å². The number of rotatable bonds is 2. The Hall–Kier alpha value is -2.03. The minimum Gasteiger partial charge on any atom is -0.412 e. The Morgan fingerprint density at radius 2 is 1.81 bits per heavy atom.